The van der Waals surface area contributed by atoms with Crippen LogP contribution in [0.3, 0.4) is 0 Å². The molecular weight excluding hydrogens is 800 g/mol. The molecule has 2 aliphatic heterocycles. The minimum Gasteiger partial charge on any atom is -0.324 e. The maximum atomic E-state index is 15.5. The van der Waals surface area contributed by atoms with Crippen molar-refractivity contribution in [3.8, 4) is 22.8 Å². The van der Waals surface area contributed by atoms with Gasteiger partial charge in [0.25, 0.3) is 0 Å². The number of hydrogen-bond acceptors (Lipinski definition) is 6. The van der Waals surface area contributed by atoms with Crippen molar-refractivity contribution in [2.45, 2.75) is 11.8 Å². The summed E-state index contributed by atoms with van der Waals surface area (Å²) in [6.45, 7) is 0. The van der Waals surface area contributed by atoms with Crippen molar-refractivity contribution in [2.24, 2.45) is 0 Å². The van der Waals surface area contributed by atoms with E-state index in [0.29, 0.717) is 0 Å². The van der Waals surface area contributed by atoms with Crippen LogP contribution in [-0.4, -0.2) is 39.9 Å². The third-order valence-corrected chi connectivity index (χ3v) is 9.05. The van der Waals surface area contributed by atoms with Gasteiger partial charge in [0.1, 0.15) is 34.2 Å². The zero-order valence-corrected chi connectivity index (χ0v) is 25.9. The smallest absolute Gasteiger partial charge is 0.198 e. The standard InChI is InChI=1S/C32H4F16N8/c33-9-1-2(10(34)18(42)17(9)41)26-49-25(1)53-27-3-4(12(36)20(44)19(43)11(3)35)29(50-27)55-31-7-8(16(40)24(48)23(47)15(7)39)32(52-31)56-30-6-5(28(51-30)54-26)13(37)21(45)22(46)14(6)38/h1-2H,(H2,49,50,51,52,53,54,55,56). The first-order chi connectivity index (χ1) is 26.4. The van der Waals surface area contributed by atoms with Crippen molar-refractivity contribution in [3.63, 3.8) is 0 Å². The van der Waals surface area contributed by atoms with E-state index in [0.717, 1.165) is 0 Å². The summed E-state index contributed by atoms with van der Waals surface area (Å²) >= 11 is 0. The van der Waals surface area contributed by atoms with Gasteiger partial charge in [0, 0.05) is 0 Å². The first-order valence-corrected chi connectivity index (χ1v) is 14.9. The van der Waals surface area contributed by atoms with Crippen molar-refractivity contribution >= 4 is 44.1 Å². The topological polar surface area (TPSA) is 109 Å². The second kappa shape index (κ2) is 11.5. The number of nitrogens with zero attached hydrogens (tertiary/aromatic N) is 6. The van der Waals surface area contributed by atoms with Crippen LogP contribution in [0.5, 0.6) is 0 Å². The van der Waals surface area contributed by atoms with Gasteiger partial charge < -0.3 is 9.97 Å². The van der Waals surface area contributed by atoms with Crippen molar-refractivity contribution in [1.29, 1.82) is 0 Å². The van der Waals surface area contributed by atoms with Crippen LogP contribution in [0.4, 0.5) is 70.2 Å². The predicted octanol–water partition coefficient (Wildman–Crippen LogP) is 9.39. The van der Waals surface area contributed by atoms with Gasteiger partial charge >= 0.3 is 0 Å². The Balaban J connectivity index is 1.58. The molecule has 8 nitrogen and oxygen atoms in total. The van der Waals surface area contributed by atoms with Crippen LogP contribution in [-0.2, 0) is 0 Å². The molecule has 8 bridgehead atoms. The highest BCUT2D eigenvalue weighted by atomic mass is 19.2. The van der Waals surface area contributed by atoms with Gasteiger partial charge in [-0.1, -0.05) is 0 Å². The molecule has 0 amide bonds. The number of fused-ring (bicyclic) bond motifs is 20. The fourth-order valence-corrected chi connectivity index (χ4v) is 6.57. The number of allylic oxidation sites excluding steroid dienone is 4. The molecule has 5 heterocycles. The van der Waals surface area contributed by atoms with Gasteiger partial charge in [-0.05, 0) is 0 Å². The Labute approximate surface area is 293 Å². The van der Waals surface area contributed by atoms with E-state index in [4.69, 9.17) is 0 Å². The first kappa shape index (κ1) is 35.1. The van der Waals surface area contributed by atoms with E-state index in [9.17, 15) is 35.1 Å². The molecule has 0 radical (unpaired) electrons. The van der Waals surface area contributed by atoms with Crippen LogP contribution in [0, 0.1) is 69.8 Å². The zero-order chi connectivity index (χ0) is 40.1. The summed E-state index contributed by atoms with van der Waals surface area (Å²) in [5.74, 6) is -48.6. The lowest BCUT2D eigenvalue weighted by Crippen LogP contribution is -2.15. The molecule has 284 valence electrons. The van der Waals surface area contributed by atoms with Crippen LogP contribution < -0.4 is 0 Å². The molecule has 1 aliphatic carbocycles. The average molecular weight is 804 g/mol. The van der Waals surface area contributed by atoms with Gasteiger partial charge in [0.05, 0.1) is 44.5 Å². The largest absolute Gasteiger partial charge is 0.324 e. The maximum absolute atomic E-state index is 15.5. The second-order valence-electron chi connectivity index (χ2n) is 12.0. The Morgan fingerprint density at radius 3 is 0.911 bits per heavy atom. The third-order valence-electron chi connectivity index (χ3n) is 9.05. The van der Waals surface area contributed by atoms with E-state index in [-0.39, 0.29) is 0 Å². The SMILES string of the molecule is FC1=C(F)C2c3nc(nc4[nH]c(nc5nc(nc6[nH]c(n3)c3c(F)c(F)c(F)c(F)c63)-c3c(F)c(F)c(F)c(F)c3-5)c3c(F)c(F)c(F)c(F)c43)C2C(F)=C1F. The molecule has 6 aromatic rings. The van der Waals surface area contributed by atoms with Crippen LogP contribution >= 0.6 is 0 Å². The number of halogens is 16. The molecule has 3 aromatic heterocycles. The first-order valence-electron chi connectivity index (χ1n) is 14.9. The summed E-state index contributed by atoms with van der Waals surface area (Å²) in [4.78, 5) is 25.7. The van der Waals surface area contributed by atoms with E-state index in [1.54, 1.807) is 0 Å². The molecule has 56 heavy (non-hydrogen) atoms. The summed E-state index contributed by atoms with van der Waals surface area (Å²) < 4.78 is 240. The summed E-state index contributed by atoms with van der Waals surface area (Å²) in [5, 5.41) is -5.75. The van der Waals surface area contributed by atoms with E-state index in [1.165, 1.54) is 0 Å². The van der Waals surface area contributed by atoms with Crippen LogP contribution in [0.1, 0.15) is 23.5 Å². The highest BCUT2D eigenvalue weighted by Crippen LogP contribution is 2.53. The van der Waals surface area contributed by atoms with Gasteiger partial charge in [-0.2, -0.15) is 0 Å². The highest BCUT2D eigenvalue weighted by molar-refractivity contribution is 6.06. The van der Waals surface area contributed by atoms with Gasteiger partial charge in [-0.25, -0.2) is 100 Å². The summed E-state index contributed by atoms with van der Waals surface area (Å²) in [6, 6.07) is 0. The zero-order valence-electron chi connectivity index (χ0n) is 25.9. The Hall–Kier alpha value is -6.62. The number of aromatic nitrogens is 8. The minimum atomic E-state index is -2.56. The quantitative estimate of drug-likeness (QED) is 0.0899. The maximum Gasteiger partial charge on any atom is 0.198 e. The summed E-state index contributed by atoms with van der Waals surface area (Å²) in [6.07, 6.45) is 0. The Bertz CT molecular complexity index is 2930. The number of H-pyrrole nitrogens is 2. The molecule has 0 saturated heterocycles. The van der Waals surface area contributed by atoms with Crippen molar-refractivity contribution < 1.29 is 70.2 Å². The number of rotatable bonds is 0. The van der Waals surface area contributed by atoms with Gasteiger partial charge in [0.2, 0.25) is 0 Å². The summed E-state index contributed by atoms with van der Waals surface area (Å²) in [5.41, 5.74) is -8.02. The fraction of sp³-hybridized carbons (Fsp3) is 0.0625. The molecule has 0 saturated carbocycles. The van der Waals surface area contributed by atoms with Gasteiger partial charge in [-0.15, -0.1) is 0 Å². The molecule has 0 spiro atoms. The van der Waals surface area contributed by atoms with Crippen LogP contribution in [0.25, 0.3) is 66.9 Å². The van der Waals surface area contributed by atoms with Crippen LogP contribution in [0.2, 0.25) is 0 Å². The molecule has 24 heteroatoms. The molecule has 2 N–H and O–H groups in total. The molecule has 2 unspecified atom stereocenters. The van der Waals surface area contributed by atoms with E-state index in [2.05, 4.69) is 29.9 Å². The van der Waals surface area contributed by atoms with Crippen LogP contribution in [0.15, 0.2) is 23.3 Å². The number of benzene rings is 3. The van der Waals surface area contributed by atoms with Crippen molar-refractivity contribution in [1.82, 2.24) is 39.9 Å². The predicted molar refractivity (Wildman–Crippen MR) is 155 cm³/mol. The Morgan fingerprint density at radius 1 is 0.304 bits per heavy atom. The lowest BCUT2D eigenvalue weighted by Gasteiger charge is -2.20. The Morgan fingerprint density at radius 2 is 0.589 bits per heavy atom. The van der Waals surface area contributed by atoms with Crippen molar-refractivity contribution in [3.05, 3.63) is 105 Å². The monoisotopic (exact) mass is 804 g/mol. The number of aromatic amines is 2. The van der Waals surface area contributed by atoms with Gasteiger partial charge in [-0.3, -0.25) is 0 Å². The molecule has 3 aliphatic rings. The lowest BCUT2D eigenvalue weighted by atomic mass is 9.86. The molecule has 2 atom stereocenters. The molecule has 0 fully saturated rings. The van der Waals surface area contributed by atoms with E-state index < -0.39 is 184 Å². The van der Waals surface area contributed by atoms with Gasteiger partial charge in [0.15, 0.2) is 105 Å². The molecular formula is C32H4F16N8. The van der Waals surface area contributed by atoms with Crippen molar-refractivity contribution in [2.75, 3.05) is 0 Å². The van der Waals surface area contributed by atoms with E-state index in [1.807, 2.05) is 9.97 Å². The molecule has 3 aromatic carbocycles. The second-order valence-corrected chi connectivity index (χ2v) is 12.0. The number of nitrogens with one attached hydrogen (secondary N) is 2. The summed E-state index contributed by atoms with van der Waals surface area (Å²) in [7, 11) is 0. The fourth-order valence-electron chi connectivity index (χ4n) is 6.57. The molecule has 9 rings (SSSR count). The normalized spacial score (nSPS) is 16.8. The highest BCUT2D eigenvalue weighted by Gasteiger charge is 2.48. The Kier molecular flexibility index (Phi) is 7.18. The third kappa shape index (κ3) is 4.33. The van der Waals surface area contributed by atoms with E-state index >= 15 is 35.1 Å². The number of hydrogen-bond donors (Lipinski definition) is 2. The average Bonchev–Trinajstić information content (AvgIpc) is 3.92. The minimum absolute atomic E-state index is 1.26. The lowest BCUT2D eigenvalue weighted by molar-refractivity contribution is 0.367.